The lowest BCUT2D eigenvalue weighted by Crippen LogP contribution is -2.37. The zero-order chi connectivity index (χ0) is 16.8. The van der Waals surface area contributed by atoms with Gasteiger partial charge in [-0.1, -0.05) is 43.3 Å². The third kappa shape index (κ3) is 3.30. The summed E-state index contributed by atoms with van der Waals surface area (Å²) in [6, 6.07) is 7.74. The molecule has 2 heterocycles. The number of sulfone groups is 1. The van der Waals surface area contributed by atoms with Gasteiger partial charge in [0.05, 0.1) is 17.5 Å². The van der Waals surface area contributed by atoms with Gasteiger partial charge in [-0.05, 0) is 19.1 Å². The normalized spacial score (nSPS) is 27.7. The summed E-state index contributed by atoms with van der Waals surface area (Å²) in [7, 11) is -3.03. The van der Waals surface area contributed by atoms with Gasteiger partial charge in [0.15, 0.2) is 15.0 Å². The van der Waals surface area contributed by atoms with E-state index < -0.39 is 9.84 Å². The van der Waals surface area contributed by atoms with Gasteiger partial charge >= 0.3 is 0 Å². The molecule has 2 saturated heterocycles. The third-order valence-electron chi connectivity index (χ3n) is 4.08. The topological polar surface area (TPSA) is 66.8 Å². The Hall–Kier alpha value is -1.34. The number of benzene rings is 1. The lowest BCUT2D eigenvalue weighted by molar-refractivity contribution is -0.120. The van der Waals surface area contributed by atoms with Crippen LogP contribution in [0.5, 0.6) is 0 Å². The number of amidine groups is 1. The van der Waals surface area contributed by atoms with Gasteiger partial charge in [-0.2, -0.15) is 4.99 Å². The molecule has 0 unspecified atom stereocenters. The number of aryl methyl sites for hydroxylation is 1. The minimum atomic E-state index is -3.03. The summed E-state index contributed by atoms with van der Waals surface area (Å²) in [5.41, 5.74) is 2.02. The molecule has 2 fully saturated rings. The predicted octanol–water partition coefficient (Wildman–Crippen LogP) is 2.25. The van der Waals surface area contributed by atoms with Crippen LogP contribution in [0.4, 0.5) is 5.69 Å². The molecule has 1 aromatic rings. The molecular weight excluding hydrogens is 332 g/mol. The van der Waals surface area contributed by atoms with Gasteiger partial charge in [-0.25, -0.2) is 8.42 Å². The highest BCUT2D eigenvalue weighted by Crippen LogP contribution is 2.41. The Kier molecular flexibility index (Phi) is 4.27. The molecule has 0 bridgehead atoms. The van der Waals surface area contributed by atoms with E-state index in [9.17, 15) is 13.2 Å². The van der Waals surface area contributed by atoms with Crippen LogP contribution in [0, 0.1) is 12.8 Å². The van der Waals surface area contributed by atoms with Crippen LogP contribution in [0.3, 0.4) is 0 Å². The first-order valence-corrected chi connectivity index (χ1v) is 10.3. The van der Waals surface area contributed by atoms with Crippen LogP contribution >= 0.6 is 11.8 Å². The van der Waals surface area contributed by atoms with Crippen molar-refractivity contribution in [3.05, 3.63) is 29.8 Å². The molecular formula is C16H20N2O3S2. The quantitative estimate of drug-likeness (QED) is 0.817. The molecule has 0 aliphatic carbocycles. The molecule has 0 radical (unpaired) electrons. The molecule has 0 saturated carbocycles. The van der Waals surface area contributed by atoms with E-state index in [2.05, 4.69) is 4.99 Å². The lowest BCUT2D eigenvalue weighted by atomic mass is 10.1. The van der Waals surface area contributed by atoms with E-state index in [0.29, 0.717) is 5.17 Å². The summed E-state index contributed by atoms with van der Waals surface area (Å²) < 4.78 is 23.9. The summed E-state index contributed by atoms with van der Waals surface area (Å²) in [6.45, 7) is 5.63. The number of nitrogens with zero attached hydrogens (tertiary/aromatic N) is 2. The molecule has 23 heavy (non-hydrogen) atoms. The SMILES string of the molecule is Cc1ccc(N2C(=NC(=O)C(C)C)S[C@@H]3CS(=O)(=O)C[C@@H]32)cc1. The van der Waals surface area contributed by atoms with Crippen molar-refractivity contribution in [1.82, 2.24) is 0 Å². The number of hydrogen-bond acceptors (Lipinski definition) is 4. The van der Waals surface area contributed by atoms with Crippen molar-refractivity contribution in [1.29, 1.82) is 0 Å². The van der Waals surface area contributed by atoms with Crippen molar-refractivity contribution in [3.63, 3.8) is 0 Å². The Morgan fingerprint density at radius 2 is 1.91 bits per heavy atom. The standard InChI is InChI=1S/C16H20N2O3S2/c1-10(2)15(19)17-16-18(12-6-4-11(3)5-7-12)13-8-23(20,21)9-14(13)22-16/h4-7,10,13-14H,8-9H2,1-3H3/t13-,14+/m0/s1. The van der Waals surface area contributed by atoms with Crippen molar-refractivity contribution < 1.29 is 13.2 Å². The number of carbonyl (C=O) groups excluding carboxylic acids is 1. The van der Waals surface area contributed by atoms with Crippen LogP contribution in [-0.2, 0) is 14.6 Å². The molecule has 0 N–H and O–H groups in total. The van der Waals surface area contributed by atoms with E-state index in [4.69, 9.17) is 0 Å². The molecule has 2 aliphatic rings. The monoisotopic (exact) mass is 352 g/mol. The summed E-state index contributed by atoms with van der Waals surface area (Å²) >= 11 is 1.41. The second-order valence-electron chi connectivity index (χ2n) is 6.39. The lowest BCUT2D eigenvalue weighted by Gasteiger charge is -2.24. The average molecular weight is 352 g/mol. The van der Waals surface area contributed by atoms with E-state index in [0.717, 1.165) is 11.3 Å². The zero-order valence-corrected chi connectivity index (χ0v) is 15.0. The molecule has 2 aliphatic heterocycles. The molecule has 2 atom stereocenters. The fourth-order valence-corrected chi connectivity index (χ4v) is 6.71. The Morgan fingerprint density at radius 1 is 1.26 bits per heavy atom. The molecule has 124 valence electrons. The van der Waals surface area contributed by atoms with Crippen molar-refractivity contribution in [2.45, 2.75) is 32.1 Å². The highest BCUT2D eigenvalue weighted by molar-refractivity contribution is 8.16. The van der Waals surface area contributed by atoms with Crippen molar-refractivity contribution in [2.24, 2.45) is 10.9 Å². The van der Waals surface area contributed by atoms with E-state index in [-0.39, 0.29) is 34.6 Å². The summed E-state index contributed by atoms with van der Waals surface area (Å²) in [5.74, 6) is -0.0768. The van der Waals surface area contributed by atoms with Gasteiger partial charge in [-0.15, -0.1) is 0 Å². The number of amides is 1. The number of aliphatic imine (C=N–C) groups is 1. The highest BCUT2D eigenvalue weighted by atomic mass is 32.2. The number of thioether (sulfide) groups is 1. The van der Waals surface area contributed by atoms with E-state index >= 15 is 0 Å². The smallest absolute Gasteiger partial charge is 0.250 e. The number of fused-ring (bicyclic) bond motifs is 1. The molecule has 5 nitrogen and oxygen atoms in total. The van der Waals surface area contributed by atoms with Gasteiger partial charge in [0.1, 0.15) is 0 Å². The van der Waals surface area contributed by atoms with E-state index in [1.807, 2.05) is 49.9 Å². The van der Waals surface area contributed by atoms with Gasteiger partial charge in [0, 0.05) is 16.9 Å². The molecule has 3 rings (SSSR count). The Balaban J connectivity index is 2.00. The van der Waals surface area contributed by atoms with Crippen molar-refractivity contribution in [3.8, 4) is 0 Å². The van der Waals surface area contributed by atoms with Gasteiger partial charge < -0.3 is 4.90 Å². The van der Waals surface area contributed by atoms with E-state index in [1.165, 1.54) is 11.8 Å². The fraction of sp³-hybridized carbons (Fsp3) is 0.500. The second kappa shape index (κ2) is 5.94. The summed E-state index contributed by atoms with van der Waals surface area (Å²) in [6.07, 6.45) is 0. The number of hydrogen-bond donors (Lipinski definition) is 0. The predicted molar refractivity (Wildman–Crippen MR) is 94.8 cm³/mol. The minimum absolute atomic E-state index is 0.0555. The van der Waals surface area contributed by atoms with Gasteiger partial charge in [-0.3, -0.25) is 4.79 Å². The van der Waals surface area contributed by atoms with Crippen LogP contribution < -0.4 is 4.90 Å². The average Bonchev–Trinajstić information content (AvgIpc) is 2.91. The third-order valence-corrected chi connectivity index (χ3v) is 7.29. The first-order chi connectivity index (χ1) is 10.8. The van der Waals surface area contributed by atoms with Crippen LogP contribution in [0.2, 0.25) is 0 Å². The summed E-state index contributed by atoms with van der Waals surface area (Å²) in [4.78, 5) is 18.2. The first-order valence-electron chi connectivity index (χ1n) is 7.62. The summed E-state index contributed by atoms with van der Waals surface area (Å²) in [5, 5.41) is 0.567. The maximum absolute atomic E-state index is 12.0. The van der Waals surface area contributed by atoms with Crippen LogP contribution in [0.15, 0.2) is 29.3 Å². The first kappa shape index (κ1) is 16.5. The second-order valence-corrected chi connectivity index (χ2v) is 9.75. The highest BCUT2D eigenvalue weighted by Gasteiger charge is 2.49. The van der Waals surface area contributed by atoms with E-state index in [1.54, 1.807) is 0 Å². The molecule has 7 heteroatoms. The molecule has 0 aromatic heterocycles. The Morgan fingerprint density at radius 3 is 2.52 bits per heavy atom. The Labute approximate surface area is 141 Å². The number of anilines is 1. The fourth-order valence-electron chi connectivity index (χ4n) is 2.80. The zero-order valence-electron chi connectivity index (χ0n) is 13.4. The maximum atomic E-state index is 12.0. The van der Waals surface area contributed by atoms with Crippen LogP contribution in [0.1, 0.15) is 19.4 Å². The minimum Gasteiger partial charge on any atom is -0.316 e. The largest absolute Gasteiger partial charge is 0.316 e. The van der Waals surface area contributed by atoms with Gasteiger partial charge in [0.25, 0.3) is 5.91 Å². The molecule has 0 spiro atoms. The number of carbonyl (C=O) groups is 1. The van der Waals surface area contributed by atoms with Crippen LogP contribution in [-0.4, -0.2) is 42.3 Å². The Bertz CT molecular complexity index is 754. The van der Waals surface area contributed by atoms with Gasteiger partial charge in [0.2, 0.25) is 0 Å². The molecule has 1 amide bonds. The van der Waals surface area contributed by atoms with Crippen molar-refractivity contribution >= 4 is 38.4 Å². The maximum Gasteiger partial charge on any atom is 0.250 e. The van der Waals surface area contributed by atoms with Crippen molar-refractivity contribution in [2.75, 3.05) is 16.4 Å². The molecule has 1 aromatic carbocycles. The number of rotatable bonds is 2. The van der Waals surface area contributed by atoms with Crippen LogP contribution in [0.25, 0.3) is 0 Å².